The molecule has 0 unspecified atom stereocenters. The fraction of sp³-hybridized carbons (Fsp3) is 0.182. The Labute approximate surface area is 153 Å². The van der Waals surface area contributed by atoms with Gasteiger partial charge in [0, 0.05) is 11.8 Å². The van der Waals surface area contributed by atoms with Crippen LogP contribution >= 0.6 is 0 Å². The Morgan fingerprint density at radius 3 is 2.31 bits per heavy atom. The van der Waals surface area contributed by atoms with Crippen LogP contribution in [0.1, 0.15) is 27.9 Å². The first-order chi connectivity index (χ1) is 12.8. The number of ether oxygens (including phenoxy) is 1. The number of benzene rings is 2. The molecule has 0 radical (unpaired) electrons. The van der Waals surface area contributed by atoms with Crippen molar-refractivity contribution in [3.63, 3.8) is 0 Å². The number of hydrogen-bond donors (Lipinski definition) is 1. The largest absolute Gasteiger partial charge is 0.457 e. The van der Waals surface area contributed by atoms with Crippen molar-refractivity contribution < 1.29 is 9.53 Å². The number of aryl methyl sites for hydroxylation is 1. The van der Waals surface area contributed by atoms with E-state index in [1.54, 1.807) is 18.3 Å². The minimum atomic E-state index is -0.329. The minimum absolute atomic E-state index is 0.262. The molecule has 0 bridgehead atoms. The molecule has 0 amide bonds. The molecule has 4 heteroatoms. The van der Waals surface area contributed by atoms with Crippen molar-refractivity contribution in [3.8, 4) is 11.3 Å². The highest BCUT2D eigenvalue weighted by Gasteiger charge is 2.08. The van der Waals surface area contributed by atoms with Crippen LogP contribution < -0.4 is 5.73 Å². The second-order valence-electron chi connectivity index (χ2n) is 6.08. The Balaban J connectivity index is 1.56. The Bertz CT molecular complexity index is 828. The molecule has 3 rings (SSSR count). The first kappa shape index (κ1) is 17.8. The lowest BCUT2D eigenvalue weighted by Crippen LogP contribution is -2.05. The van der Waals surface area contributed by atoms with Crippen LogP contribution in [0.5, 0.6) is 0 Å². The predicted molar refractivity (Wildman–Crippen MR) is 103 cm³/mol. The average Bonchev–Trinajstić information content (AvgIpc) is 2.72. The minimum Gasteiger partial charge on any atom is -0.457 e. The average molecular weight is 346 g/mol. The maximum absolute atomic E-state index is 12.2. The SMILES string of the molecule is NCCCc1ccc(COC(=O)c2ccc(-c3ccccn3)cc2)cc1. The van der Waals surface area contributed by atoms with E-state index in [1.807, 2.05) is 42.5 Å². The summed E-state index contributed by atoms with van der Waals surface area (Å²) in [4.78, 5) is 16.5. The van der Waals surface area contributed by atoms with Crippen molar-refractivity contribution in [1.82, 2.24) is 4.98 Å². The third-order valence-electron chi connectivity index (χ3n) is 4.14. The van der Waals surface area contributed by atoms with Gasteiger partial charge in [-0.05, 0) is 54.8 Å². The zero-order valence-corrected chi connectivity index (χ0v) is 14.6. The molecule has 4 nitrogen and oxygen atoms in total. The molecule has 0 aliphatic rings. The lowest BCUT2D eigenvalue weighted by molar-refractivity contribution is 0.0472. The quantitative estimate of drug-likeness (QED) is 0.657. The molecular weight excluding hydrogens is 324 g/mol. The van der Waals surface area contributed by atoms with Crippen molar-refractivity contribution in [3.05, 3.63) is 89.6 Å². The van der Waals surface area contributed by atoms with Gasteiger partial charge in [-0.15, -0.1) is 0 Å². The summed E-state index contributed by atoms with van der Waals surface area (Å²) in [6.45, 7) is 0.955. The molecule has 0 spiro atoms. The number of esters is 1. The van der Waals surface area contributed by atoms with Gasteiger partial charge in [-0.2, -0.15) is 0 Å². The lowest BCUT2D eigenvalue weighted by atomic mass is 10.1. The van der Waals surface area contributed by atoms with Crippen molar-refractivity contribution >= 4 is 5.97 Å². The van der Waals surface area contributed by atoms with E-state index >= 15 is 0 Å². The molecule has 0 atom stereocenters. The molecule has 0 aliphatic heterocycles. The predicted octanol–water partition coefficient (Wildman–Crippen LogP) is 4.00. The third-order valence-corrected chi connectivity index (χ3v) is 4.14. The van der Waals surface area contributed by atoms with E-state index < -0.39 is 0 Å². The lowest BCUT2D eigenvalue weighted by Gasteiger charge is -2.07. The normalized spacial score (nSPS) is 10.5. The Morgan fingerprint density at radius 2 is 1.65 bits per heavy atom. The zero-order valence-electron chi connectivity index (χ0n) is 14.6. The van der Waals surface area contributed by atoms with Crippen LogP contribution in [-0.4, -0.2) is 17.5 Å². The van der Waals surface area contributed by atoms with Crippen molar-refractivity contribution in [2.45, 2.75) is 19.4 Å². The summed E-state index contributed by atoms with van der Waals surface area (Å²) in [6, 6.07) is 21.1. The summed E-state index contributed by atoms with van der Waals surface area (Å²) in [7, 11) is 0. The third kappa shape index (κ3) is 4.77. The van der Waals surface area contributed by atoms with Gasteiger partial charge in [0.25, 0.3) is 0 Å². The van der Waals surface area contributed by atoms with Crippen LogP contribution in [0.4, 0.5) is 0 Å². The fourth-order valence-corrected chi connectivity index (χ4v) is 2.65. The topological polar surface area (TPSA) is 65.2 Å². The number of pyridine rings is 1. The van der Waals surface area contributed by atoms with Crippen LogP contribution in [0, 0.1) is 0 Å². The van der Waals surface area contributed by atoms with Crippen LogP contribution in [0.15, 0.2) is 72.9 Å². The number of nitrogens with zero attached hydrogens (tertiary/aromatic N) is 1. The van der Waals surface area contributed by atoms with Crippen LogP contribution in [0.25, 0.3) is 11.3 Å². The molecular formula is C22H22N2O2. The molecule has 0 saturated carbocycles. The van der Waals surface area contributed by atoms with E-state index in [1.165, 1.54) is 5.56 Å². The summed E-state index contributed by atoms with van der Waals surface area (Å²) in [5.74, 6) is -0.329. The van der Waals surface area contributed by atoms with Crippen molar-refractivity contribution in [2.24, 2.45) is 5.73 Å². The number of rotatable bonds is 7. The van der Waals surface area contributed by atoms with Gasteiger partial charge in [-0.1, -0.05) is 42.5 Å². The number of carbonyl (C=O) groups excluding carboxylic acids is 1. The molecule has 26 heavy (non-hydrogen) atoms. The summed E-state index contributed by atoms with van der Waals surface area (Å²) >= 11 is 0. The van der Waals surface area contributed by atoms with Crippen molar-refractivity contribution in [1.29, 1.82) is 0 Å². The van der Waals surface area contributed by atoms with Gasteiger partial charge in [-0.25, -0.2) is 4.79 Å². The standard InChI is InChI=1S/C22H22N2O2/c23-14-3-4-17-6-8-18(9-7-17)16-26-22(25)20-12-10-19(11-13-20)21-5-1-2-15-24-21/h1-2,5-13,15H,3-4,14,16,23H2. The molecule has 132 valence electrons. The molecule has 0 saturated heterocycles. The summed E-state index contributed by atoms with van der Waals surface area (Å²) < 4.78 is 5.41. The first-order valence-electron chi connectivity index (χ1n) is 8.73. The van der Waals surface area contributed by atoms with Gasteiger partial charge < -0.3 is 10.5 Å². The van der Waals surface area contributed by atoms with Gasteiger partial charge in [0.15, 0.2) is 0 Å². The van der Waals surface area contributed by atoms with E-state index in [-0.39, 0.29) is 12.6 Å². The second kappa shape index (κ2) is 8.92. The number of nitrogens with two attached hydrogens (primary N) is 1. The fourth-order valence-electron chi connectivity index (χ4n) is 2.65. The van der Waals surface area contributed by atoms with Crippen molar-refractivity contribution in [2.75, 3.05) is 6.54 Å². The van der Waals surface area contributed by atoms with Gasteiger partial charge in [-0.3, -0.25) is 4.98 Å². The molecule has 0 fully saturated rings. The van der Waals surface area contributed by atoms with E-state index in [0.717, 1.165) is 29.7 Å². The summed E-state index contributed by atoms with van der Waals surface area (Å²) in [6.07, 6.45) is 3.70. The van der Waals surface area contributed by atoms with E-state index in [2.05, 4.69) is 17.1 Å². The van der Waals surface area contributed by atoms with E-state index in [0.29, 0.717) is 12.1 Å². The van der Waals surface area contributed by atoms with E-state index in [9.17, 15) is 4.79 Å². The molecule has 1 heterocycles. The Kier molecular flexibility index (Phi) is 6.12. The highest BCUT2D eigenvalue weighted by Crippen LogP contribution is 2.17. The highest BCUT2D eigenvalue weighted by molar-refractivity contribution is 5.90. The first-order valence-corrected chi connectivity index (χ1v) is 8.73. The monoisotopic (exact) mass is 346 g/mol. The van der Waals surface area contributed by atoms with Gasteiger partial charge >= 0.3 is 5.97 Å². The molecule has 0 aliphatic carbocycles. The van der Waals surface area contributed by atoms with E-state index in [4.69, 9.17) is 10.5 Å². The number of carbonyl (C=O) groups is 1. The number of hydrogen-bond acceptors (Lipinski definition) is 4. The van der Waals surface area contributed by atoms with Gasteiger partial charge in [0.2, 0.25) is 0 Å². The van der Waals surface area contributed by atoms with Crippen LogP contribution in [-0.2, 0) is 17.8 Å². The van der Waals surface area contributed by atoms with Crippen LogP contribution in [0.3, 0.4) is 0 Å². The van der Waals surface area contributed by atoms with Gasteiger partial charge in [0.1, 0.15) is 6.61 Å². The Morgan fingerprint density at radius 1 is 0.923 bits per heavy atom. The maximum atomic E-state index is 12.2. The smallest absolute Gasteiger partial charge is 0.338 e. The molecule has 3 aromatic rings. The Hall–Kier alpha value is -2.98. The maximum Gasteiger partial charge on any atom is 0.338 e. The molecule has 2 aromatic carbocycles. The number of aromatic nitrogens is 1. The molecule has 1 aromatic heterocycles. The summed E-state index contributed by atoms with van der Waals surface area (Å²) in [5, 5.41) is 0. The molecule has 2 N–H and O–H groups in total. The van der Waals surface area contributed by atoms with Crippen LogP contribution in [0.2, 0.25) is 0 Å². The highest BCUT2D eigenvalue weighted by atomic mass is 16.5. The summed E-state index contributed by atoms with van der Waals surface area (Å²) in [5.41, 5.74) is 10.1. The second-order valence-corrected chi connectivity index (χ2v) is 6.08. The zero-order chi connectivity index (χ0) is 18.2. The van der Waals surface area contributed by atoms with Gasteiger partial charge in [0.05, 0.1) is 11.3 Å².